The minimum Gasteiger partial charge on any atom is -0.507 e. The number of piperazine rings is 1. The molecule has 0 aromatic heterocycles. The van der Waals surface area contributed by atoms with E-state index in [-0.39, 0.29) is 30.0 Å². The number of hydrogen-bond acceptors (Lipinski definition) is 4. The van der Waals surface area contributed by atoms with Crippen LogP contribution in [0.4, 0.5) is 0 Å². The Morgan fingerprint density at radius 2 is 1.74 bits per heavy atom. The maximum atomic E-state index is 12.4. The van der Waals surface area contributed by atoms with Crippen molar-refractivity contribution in [3.63, 3.8) is 0 Å². The van der Waals surface area contributed by atoms with E-state index in [1.807, 2.05) is 6.92 Å². The molecule has 0 aliphatic carbocycles. The zero-order valence-electron chi connectivity index (χ0n) is 13.3. The average Bonchev–Trinajstić information content (AvgIpc) is 2.54. The average molecular weight is 342 g/mol. The van der Waals surface area contributed by atoms with E-state index in [1.54, 1.807) is 28.0 Å². The van der Waals surface area contributed by atoms with E-state index in [2.05, 4.69) is 0 Å². The Balaban J connectivity index is 0.00000264. The SMILES string of the molecule is CCCC(N)C(=O)N1CCN(C(=O)c2ccccc2O)CC1.Cl. The number of phenols is 1. The second-order valence-corrected chi connectivity index (χ2v) is 5.53. The summed E-state index contributed by atoms with van der Waals surface area (Å²) >= 11 is 0. The highest BCUT2D eigenvalue weighted by Gasteiger charge is 2.27. The van der Waals surface area contributed by atoms with Crippen molar-refractivity contribution in [3.05, 3.63) is 29.8 Å². The Labute approximate surface area is 142 Å². The standard InChI is InChI=1S/C16H23N3O3.ClH/c1-2-5-13(17)16(22)19-10-8-18(9-11-19)15(21)12-6-3-4-7-14(12)20;/h3-4,6-7,13,20H,2,5,8-11,17H2,1H3;1H. The number of aromatic hydroxyl groups is 1. The van der Waals surface area contributed by atoms with E-state index in [0.717, 1.165) is 6.42 Å². The number of phenolic OH excluding ortho intramolecular Hbond substituents is 1. The highest BCUT2D eigenvalue weighted by molar-refractivity contribution is 5.97. The quantitative estimate of drug-likeness (QED) is 0.862. The van der Waals surface area contributed by atoms with Crippen LogP contribution in [0.2, 0.25) is 0 Å². The molecule has 0 saturated carbocycles. The van der Waals surface area contributed by atoms with Crippen molar-refractivity contribution in [1.29, 1.82) is 0 Å². The van der Waals surface area contributed by atoms with Gasteiger partial charge in [-0.15, -0.1) is 12.4 Å². The number of rotatable bonds is 4. The Morgan fingerprint density at radius 1 is 1.17 bits per heavy atom. The Kier molecular flexibility index (Phi) is 7.32. The van der Waals surface area contributed by atoms with E-state index in [4.69, 9.17) is 5.73 Å². The summed E-state index contributed by atoms with van der Waals surface area (Å²) in [5, 5.41) is 9.76. The first-order valence-electron chi connectivity index (χ1n) is 7.66. The van der Waals surface area contributed by atoms with Gasteiger partial charge in [0, 0.05) is 26.2 Å². The first-order valence-corrected chi connectivity index (χ1v) is 7.66. The summed E-state index contributed by atoms with van der Waals surface area (Å²) in [6.07, 6.45) is 1.55. The molecule has 2 rings (SSSR count). The van der Waals surface area contributed by atoms with Crippen LogP contribution in [0.15, 0.2) is 24.3 Å². The van der Waals surface area contributed by atoms with Crippen molar-refractivity contribution in [1.82, 2.24) is 9.80 Å². The number of benzene rings is 1. The smallest absolute Gasteiger partial charge is 0.257 e. The van der Waals surface area contributed by atoms with Crippen molar-refractivity contribution in [2.75, 3.05) is 26.2 Å². The third-order valence-corrected chi connectivity index (χ3v) is 3.93. The van der Waals surface area contributed by atoms with Crippen LogP contribution in [-0.4, -0.2) is 58.9 Å². The molecule has 1 unspecified atom stereocenters. The van der Waals surface area contributed by atoms with Crippen LogP contribution < -0.4 is 5.73 Å². The monoisotopic (exact) mass is 341 g/mol. The molecule has 1 aromatic carbocycles. The molecule has 1 fully saturated rings. The van der Waals surface area contributed by atoms with Crippen LogP contribution in [0, 0.1) is 0 Å². The van der Waals surface area contributed by atoms with Gasteiger partial charge in [0.2, 0.25) is 5.91 Å². The molecule has 23 heavy (non-hydrogen) atoms. The predicted octanol–water partition coefficient (Wildman–Crippen LogP) is 1.23. The van der Waals surface area contributed by atoms with Gasteiger partial charge >= 0.3 is 0 Å². The van der Waals surface area contributed by atoms with Gasteiger partial charge in [-0.1, -0.05) is 25.5 Å². The summed E-state index contributed by atoms with van der Waals surface area (Å²) in [4.78, 5) is 27.9. The number of halogens is 1. The number of carbonyl (C=O) groups is 2. The highest BCUT2D eigenvalue weighted by Crippen LogP contribution is 2.19. The minimum atomic E-state index is -0.453. The van der Waals surface area contributed by atoms with E-state index < -0.39 is 6.04 Å². The maximum absolute atomic E-state index is 12.4. The van der Waals surface area contributed by atoms with Gasteiger partial charge in [0.05, 0.1) is 11.6 Å². The van der Waals surface area contributed by atoms with Crippen LogP contribution in [0.5, 0.6) is 5.75 Å². The third-order valence-electron chi connectivity index (χ3n) is 3.93. The van der Waals surface area contributed by atoms with Crippen LogP contribution in [0.3, 0.4) is 0 Å². The summed E-state index contributed by atoms with van der Waals surface area (Å²) in [5.41, 5.74) is 6.16. The van der Waals surface area contributed by atoms with Crippen molar-refractivity contribution in [3.8, 4) is 5.75 Å². The van der Waals surface area contributed by atoms with Crippen molar-refractivity contribution in [2.24, 2.45) is 5.73 Å². The molecule has 0 bridgehead atoms. The van der Waals surface area contributed by atoms with Gasteiger partial charge in [-0.25, -0.2) is 0 Å². The Bertz CT molecular complexity index is 545. The van der Waals surface area contributed by atoms with Gasteiger partial charge in [-0.3, -0.25) is 9.59 Å². The van der Waals surface area contributed by atoms with Gasteiger partial charge in [-0.05, 0) is 18.6 Å². The Hall–Kier alpha value is -1.79. The lowest BCUT2D eigenvalue weighted by molar-refractivity contribution is -0.134. The summed E-state index contributed by atoms with van der Waals surface area (Å²) in [6, 6.07) is 6.04. The summed E-state index contributed by atoms with van der Waals surface area (Å²) < 4.78 is 0. The lowest BCUT2D eigenvalue weighted by Gasteiger charge is -2.36. The largest absolute Gasteiger partial charge is 0.507 e. The first kappa shape index (κ1) is 19.3. The molecular formula is C16H24ClN3O3. The van der Waals surface area contributed by atoms with E-state index >= 15 is 0 Å². The molecule has 128 valence electrons. The van der Waals surface area contributed by atoms with Crippen LogP contribution in [0.1, 0.15) is 30.1 Å². The molecule has 1 aliphatic heterocycles. The zero-order valence-corrected chi connectivity index (χ0v) is 14.1. The summed E-state index contributed by atoms with van der Waals surface area (Å²) in [5.74, 6) is -0.268. The lowest BCUT2D eigenvalue weighted by Crippen LogP contribution is -2.54. The molecule has 1 saturated heterocycles. The van der Waals surface area contributed by atoms with Gasteiger partial charge in [0.25, 0.3) is 5.91 Å². The van der Waals surface area contributed by atoms with Gasteiger partial charge in [0.1, 0.15) is 5.75 Å². The summed E-state index contributed by atoms with van der Waals surface area (Å²) in [6.45, 7) is 3.87. The molecule has 7 heteroatoms. The molecule has 1 aliphatic rings. The molecule has 6 nitrogen and oxygen atoms in total. The number of para-hydroxylation sites is 1. The molecule has 2 amide bonds. The molecular weight excluding hydrogens is 318 g/mol. The number of nitrogens with two attached hydrogens (primary N) is 1. The van der Waals surface area contributed by atoms with E-state index in [9.17, 15) is 14.7 Å². The summed E-state index contributed by atoms with van der Waals surface area (Å²) in [7, 11) is 0. The maximum Gasteiger partial charge on any atom is 0.257 e. The topological polar surface area (TPSA) is 86.9 Å². The third kappa shape index (κ3) is 4.59. The molecule has 3 N–H and O–H groups in total. The lowest BCUT2D eigenvalue weighted by atomic mass is 10.1. The number of carbonyl (C=O) groups excluding carboxylic acids is 2. The molecule has 0 spiro atoms. The molecule has 0 radical (unpaired) electrons. The second kappa shape index (κ2) is 8.74. The molecule has 1 heterocycles. The second-order valence-electron chi connectivity index (χ2n) is 5.53. The zero-order chi connectivity index (χ0) is 16.1. The van der Waals surface area contributed by atoms with Crippen LogP contribution in [0.25, 0.3) is 0 Å². The Morgan fingerprint density at radius 3 is 2.30 bits per heavy atom. The van der Waals surface area contributed by atoms with Gasteiger partial charge < -0.3 is 20.6 Å². The molecule has 1 atom stereocenters. The normalized spacial score (nSPS) is 15.7. The number of amides is 2. The van der Waals surface area contributed by atoms with Gasteiger partial charge in [-0.2, -0.15) is 0 Å². The van der Waals surface area contributed by atoms with Crippen LogP contribution in [-0.2, 0) is 4.79 Å². The fourth-order valence-electron chi connectivity index (χ4n) is 2.62. The number of nitrogens with zero attached hydrogens (tertiary/aromatic N) is 2. The fraction of sp³-hybridized carbons (Fsp3) is 0.500. The van der Waals surface area contributed by atoms with Gasteiger partial charge in [0.15, 0.2) is 0 Å². The molecule has 1 aromatic rings. The fourth-order valence-corrected chi connectivity index (χ4v) is 2.62. The van der Waals surface area contributed by atoms with E-state index in [1.165, 1.54) is 6.07 Å². The van der Waals surface area contributed by atoms with Crippen molar-refractivity contribution >= 4 is 24.2 Å². The van der Waals surface area contributed by atoms with Crippen molar-refractivity contribution < 1.29 is 14.7 Å². The number of hydrogen-bond donors (Lipinski definition) is 2. The highest BCUT2D eigenvalue weighted by atomic mass is 35.5. The van der Waals surface area contributed by atoms with E-state index in [0.29, 0.717) is 38.2 Å². The minimum absolute atomic E-state index is 0. The van der Waals surface area contributed by atoms with Crippen molar-refractivity contribution in [2.45, 2.75) is 25.8 Å². The predicted molar refractivity (Wildman–Crippen MR) is 90.7 cm³/mol. The van der Waals surface area contributed by atoms with Crippen LogP contribution >= 0.6 is 12.4 Å². The first-order chi connectivity index (χ1) is 10.5.